The Hall–Kier alpha value is 0.570. The fourth-order valence-electron chi connectivity index (χ4n) is 1.35. The van der Waals surface area contributed by atoms with Crippen LogP contribution in [0.1, 0.15) is 0 Å². The second-order valence-corrected chi connectivity index (χ2v) is 7.66. The number of methoxy groups -OCH3 is 2. The van der Waals surface area contributed by atoms with Crippen molar-refractivity contribution in [2.45, 2.75) is 14.3 Å². The molecule has 0 spiro atoms. The van der Waals surface area contributed by atoms with Crippen LogP contribution < -0.4 is 0 Å². The molecule has 2 saturated heterocycles. The van der Waals surface area contributed by atoms with E-state index in [0.717, 1.165) is 0 Å². The zero-order valence-corrected chi connectivity index (χ0v) is 9.31. The van der Waals surface area contributed by atoms with Gasteiger partial charge in [0, 0.05) is 0 Å². The van der Waals surface area contributed by atoms with Crippen molar-refractivity contribution >= 4 is 20.2 Å². The first-order valence-corrected chi connectivity index (χ1v) is 7.21. The Morgan fingerprint density at radius 3 is 2.75 bits per heavy atom. The summed E-state index contributed by atoms with van der Waals surface area (Å²) < 4.78 is 22.2. The number of rotatable bonds is 2. The van der Waals surface area contributed by atoms with Gasteiger partial charge in [0.05, 0.1) is 0 Å². The molecule has 0 radical (unpaired) electrons. The maximum atomic E-state index is 5.67. The van der Waals surface area contributed by atoms with E-state index in [-0.39, 0.29) is 14.3 Å². The van der Waals surface area contributed by atoms with Crippen LogP contribution in [0.15, 0.2) is 0 Å². The van der Waals surface area contributed by atoms with E-state index in [4.69, 9.17) is 17.3 Å². The molecule has 0 bridgehead atoms. The third-order valence-corrected chi connectivity index (χ3v) is 7.73. The van der Waals surface area contributed by atoms with Crippen LogP contribution in [0.4, 0.5) is 0 Å². The first-order chi connectivity index (χ1) is 5.86. The number of hydrogen-bond donors (Lipinski definition) is 0. The van der Waals surface area contributed by atoms with E-state index in [2.05, 4.69) is 0 Å². The van der Waals surface area contributed by atoms with Crippen molar-refractivity contribution in [3.8, 4) is 0 Å². The second-order valence-electron chi connectivity index (χ2n) is 2.68. The summed E-state index contributed by atoms with van der Waals surface area (Å²) in [7, 11) is 3.43. The van der Waals surface area contributed by atoms with Crippen LogP contribution in [0, 0.1) is 0 Å². The van der Waals surface area contributed by atoms with Crippen LogP contribution in [-0.2, 0) is 17.3 Å². The molecule has 0 N–H and O–H groups in total. The number of halogens is 1. The summed E-state index contributed by atoms with van der Waals surface area (Å²) in [5.74, 6) is 0. The van der Waals surface area contributed by atoms with Gasteiger partial charge in [-0.05, 0) is 0 Å². The topological polar surface area (TPSA) is 36.9 Å². The summed E-state index contributed by atoms with van der Waals surface area (Å²) in [5, 5.41) is 0. The molecule has 0 aliphatic carbocycles. The molecule has 4 nitrogen and oxygen atoms in total. The average molecular weight is 288 g/mol. The minimum absolute atomic E-state index is 0.148. The van der Waals surface area contributed by atoms with Gasteiger partial charge in [-0.2, -0.15) is 0 Å². The van der Waals surface area contributed by atoms with Gasteiger partial charge in [0.15, 0.2) is 0 Å². The van der Waals surface area contributed by atoms with Crippen molar-refractivity contribution in [3.63, 3.8) is 0 Å². The molecule has 3 unspecified atom stereocenters. The molecule has 2 heterocycles. The first-order valence-electron chi connectivity index (χ1n) is 3.84. The molecule has 0 aromatic rings. The van der Waals surface area contributed by atoms with E-state index in [9.17, 15) is 0 Å². The third-order valence-electron chi connectivity index (χ3n) is 2.04. The van der Waals surface area contributed by atoms with Gasteiger partial charge in [0.1, 0.15) is 0 Å². The average Bonchev–Trinajstić information content (AvgIpc) is 2.62. The Balaban J connectivity index is 2.01. The molecule has 2 aliphatic rings. The summed E-state index contributed by atoms with van der Waals surface area (Å²) in [6, 6.07) is 0. The van der Waals surface area contributed by atoms with E-state index in [0.29, 0.717) is 13.2 Å². The van der Waals surface area contributed by atoms with Crippen LogP contribution >= 0.6 is 20.2 Å². The van der Waals surface area contributed by atoms with E-state index in [1.165, 1.54) is 0 Å². The Morgan fingerprint density at radius 1 is 1.25 bits per heavy atom. The predicted octanol–water partition coefficient (Wildman–Crippen LogP) is 0.782. The molecule has 0 aromatic heterocycles. The number of fused-ring (bicyclic) bond motifs is 1. The number of ether oxygens (including phenoxy) is 3. The van der Waals surface area contributed by atoms with Gasteiger partial charge in [-0.25, -0.2) is 0 Å². The van der Waals surface area contributed by atoms with Crippen LogP contribution in [0.2, 0.25) is 0 Å². The second kappa shape index (κ2) is 3.75. The van der Waals surface area contributed by atoms with Gasteiger partial charge in [-0.1, -0.05) is 0 Å². The van der Waals surface area contributed by atoms with Crippen LogP contribution in [0.25, 0.3) is 0 Å². The van der Waals surface area contributed by atoms with Gasteiger partial charge >= 0.3 is 79.3 Å². The molecule has 3 atom stereocenters. The fraction of sp³-hybridized carbons (Fsp3) is 1.00. The number of alkyl halides is 2. The zero-order chi connectivity index (χ0) is 8.55. The van der Waals surface area contributed by atoms with Crippen molar-refractivity contribution < 1.29 is 17.3 Å². The maximum absolute atomic E-state index is 5.67. The summed E-state index contributed by atoms with van der Waals surface area (Å²) >= 11 is -1.48. The van der Waals surface area contributed by atoms with Crippen molar-refractivity contribution in [2.75, 3.05) is 27.4 Å². The zero-order valence-electron chi connectivity index (χ0n) is 7.16. The summed E-state index contributed by atoms with van der Waals surface area (Å²) in [6.07, 6.45) is 0.148. The standard InChI is InChI=1S/C7H13IO4/c1-9-5-3-12-8-6(10-2)4-11-7(5)8/h5-7H,3-4H2,1-2H3. The molecule has 0 saturated carbocycles. The van der Waals surface area contributed by atoms with Crippen molar-refractivity contribution in [2.24, 2.45) is 0 Å². The Bertz CT molecular complexity index is 147. The third kappa shape index (κ3) is 1.37. The molecule has 0 amide bonds. The van der Waals surface area contributed by atoms with Crippen LogP contribution in [0.5, 0.6) is 0 Å². The van der Waals surface area contributed by atoms with Crippen molar-refractivity contribution in [1.29, 1.82) is 0 Å². The van der Waals surface area contributed by atoms with Gasteiger partial charge in [-0.3, -0.25) is 0 Å². The Labute approximate surface area is 79.4 Å². The molecule has 2 fully saturated rings. The van der Waals surface area contributed by atoms with Gasteiger partial charge in [0.25, 0.3) is 0 Å². The molecule has 2 aliphatic heterocycles. The van der Waals surface area contributed by atoms with E-state index >= 15 is 0 Å². The Morgan fingerprint density at radius 2 is 2.08 bits per heavy atom. The molecular formula is C7H13IO4. The minimum atomic E-state index is -1.48. The quantitative estimate of drug-likeness (QED) is 0.556. The van der Waals surface area contributed by atoms with Crippen molar-refractivity contribution in [1.82, 2.24) is 0 Å². The van der Waals surface area contributed by atoms with Gasteiger partial charge in [-0.15, -0.1) is 0 Å². The monoisotopic (exact) mass is 288 g/mol. The van der Waals surface area contributed by atoms with E-state index < -0.39 is 20.2 Å². The predicted molar refractivity (Wildman–Crippen MR) is 51.3 cm³/mol. The van der Waals surface area contributed by atoms with E-state index in [1.54, 1.807) is 14.2 Å². The molecule has 72 valence electrons. The number of hydrogen-bond acceptors (Lipinski definition) is 4. The van der Waals surface area contributed by atoms with Gasteiger partial charge in [0.2, 0.25) is 0 Å². The Kier molecular flexibility index (Phi) is 2.85. The molecule has 0 aromatic carbocycles. The summed E-state index contributed by atoms with van der Waals surface area (Å²) in [4.78, 5) is 0. The summed E-state index contributed by atoms with van der Waals surface area (Å²) in [6.45, 7) is 1.37. The molecular weight excluding hydrogens is 275 g/mol. The fourth-order valence-corrected chi connectivity index (χ4v) is 6.58. The van der Waals surface area contributed by atoms with Crippen LogP contribution in [-0.4, -0.2) is 41.8 Å². The SMILES string of the molecule is COC1COI2C(OC)COC12. The van der Waals surface area contributed by atoms with Gasteiger partial charge < -0.3 is 0 Å². The molecule has 5 heteroatoms. The summed E-state index contributed by atoms with van der Waals surface area (Å²) in [5.41, 5.74) is 0. The van der Waals surface area contributed by atoms with Crippen molar-refractivity contribution in [3.05, 3.63) is 0 Å². The first kappa shape index (κ1) is 9.14. The van der Waals surface area contributed by atoms with E-state index in [1.807, 2.05) is 0 Å². The normalized spacial score (nSPS) is 43.5. The molecule has 12 heavy (non-hydrogen) atoms. The molecule has 2 rings (SSSR count). The van der Waals surface area contributed by atoms with Crippen LogP contribution in [0.3, 0.4) is 0 Å².